The van der Waals surface area contributed by atoms with E-state index in [2.05, 4.69) is 25.9 Å². The second kappa shape index (κ2) is 6.56. The maximum atomic E-state index is 11.8. The minimum absolute atomic E-state index is 0.0164. The van der Waals surface area contributed by atoms with Crippen molar-refractivity contribution in [3.8, 4) is 0 Å². The van der Waals surface area contributed by atoms with Crippen LogP contribution < -0.4 is 16.4 Å². The number of benzene rings is 1. The van der Waals surface area contributed by atoms with E-state index in [-0.39, 0.29) is 27.6 Å². The molecule has 10 nitrogen and oxygen atoms in total. The molecule has 5 N–H and O–H groups in total. The fourth-order valence-corrected chi connectivity index (χ4v) is 4.01. The lowest BCUT2D eigenvalue weighted by Crippen LogP contribution is -2.58. The molecule has 0 bridgehead atoms. The molecule has 3 rings (SSSR count). The first-order valence-corrected chi connectivity index (χ1v) is 8.75. The van der Waals surface area contributed by atoms with Gasteiger partial charge in [-0.15, -0.1) is 0 Å². The second-order valence-corrected chi connectivity index (χ2v) is 7.12. The molecule has 0 radical (unpaired) electrons. The molecule has 11 heteroatoms. The number of hydrogen-bond acceptors (Lipinski definition) is 8. The van der Waals surface area contributed by atoms with E-state index in [1.165, 1.54) is 17.0 Å². The third kappa shape index (κ3) is 2.98. The van der Waals surface area contributed by atoms with E-state index in [1.807, 2.05) is 0 Å². The molecular formula is C15H17BrN6O4. The molecule has 1 heterocycles. The quantitative estimate of drug-likeness (QED) is 0.494. The lowest BCUT2D eigenvalue weighted by Gasteiger charge is -2.45. The molecule has 0 unspecified atom stereocenters. The van der Waals surface area contributed by atoms with Crippen LogP contribution in [0, 0.1) is 10.1 Å². The summed E-state index contributed by atoms with van der Waals surface area (Å²) in [6.45, 7) is 0. The largest absolute Gasteiger partial charge is 0.478 e. The lowest BCUT2D eigenvalue weighted by atomic mass is 9.86. The third-order valence-electron chi connectivity index (χ3n) is 4.56. The summed E-state index contributed by atoms with van der Waals surface area (Å²) in [6.07, 6.45) is 3.68. The first kappa shape index (κ1) is 18.1. The fraction of sp³-hybridized carbons (Fsp3) is 0.400. The van der Waals surface area contributed by atoms with Gasteiger partial charge in [-0.05, 0) is 31.7 Å². The van der Waals surface area contributed by atoms with Crippen molar-refractivity contribution < 1.29 is 14.8 Å². The summed E-state index contributed by atoms with van der Waals surface area (Å²) in [4.78, 5) is 32.6. The highest BCUT2D eigenvalue weighted by atomic mass is 79.9. The molecule has 0 atom stereocenters. The second-order valence-electron chi connectivity index (χ2n) is 6.20. The Morgan fingerprint density at radius 1 is 1.31 bits per heavy atom. The maximum absolute atomic E-state index is 11.8. The van der Waals surface area contributed by atoms with Gasteiger partial charge >= 0.3 is 5.97 Å². The molecule has 138 valence electrons. The Morgan fingerprint density at radius 3 is 2.54 bits per heavy atom. The number of carbonyl (C=O) groups is 1. The number of hydrogen-bond donors (Lipinski definition) is 3. The highest BCUT2D eigenvalue weighted by Gasteiger charge is 2.46. The van der Waals surface area contributed by atoms with Crippen LogP contribution in [0.4, 0.5) is 11.4 Å². The Hall–Kier alpha value is -2.69. The van der Waals surface area contributed by atoms with Crippen molar-refractivity contribution in [3.05, 3.63) is 32.3 Å². The topological polar surface area (TPSA) is 160 Å². The predicted octanol–water partition coefficient (Wildman–Crippen LogP) is 2.17. The Bertz CT molecular complexity index is 812. The number of aromatic carboxylic acids is 1. The van der Waals surface area contributed by atoms with Crippen molar-refractivity contribution in [2.24, 2.45) is 21.5 Å². The van der Waals surface area contributed by atoms with Gasteiger partial charge in [0.25, 0.3) is 5.69 Å². The van der Waals surface area contributed by atoms with Crippen LogP contribution in [-0.4, -0.2) is 33.6 Å². The number of rotatable bonds is 3. The van der Waals surface area contributed by atoms with Crippen molar-refractivity contribution in [2.75, 3.05) is 4.90 Å². The SMILES string of the molecule is NC1=NC2(CCCCC2)N(c2c(C(=O)O)cc(Br)cc2[N+](=O)[O-])C(N)=N1. The minimum Gasteiger partial charge on any atom is -0.478 e. The summed E-state index contributed by atoms with van der Waals surface area (Å²) >= 11 is 3.12. The highest BCUT2D eigenvalue weighted by Crippen LogP contribution is 2.45. The highest BCUT2D eigenvalue weighted by molar-refractivity contribution is 9.10. The van der Waals surface area contributed by atoms with E-state index in [9.17, 15) is 20.0 Å². The van der Waals surface area contributed by atoms with Gasteiger partial charge in [0.2, 0.25) is 11.9 Å². The van der Waals surface area contributed by atoms with E-state index >= 15 is 0 Å². The van der Waals surface area contributed by atoms with E-state index < -0.39 is 22.2 Å². The number of halogens is 1. The first-order valence-electron chi connectivity index (χ1n) is 7.96. The molecule has 0 aromatic heterocycles. The van der Waals surface area contributed by atoms with Crippen LogP contribution >= 0.6 is 15.9 Å². The van der Waals surface area contributed by atoms with E-state index in [4.69, 9.17) is 11.5 Å². The summed E-state index contributed by atoms with van der Waals surface area (Å²) in [5, 5.41) is 21.3. The molecule has 0 amide bonds. The number of carboxylic acid groups (broad SMARTS) is 1. The van der Waals surface area contributed by atoms with Gasteiger partial charge in [0.1, 0.15) is 11.4 Å². The maximum Gasteiger partial charge on any atom is 0.338 e. The molecular weight excluding hydrogens is 408 g/mol. The van der Waals surface area contributed by atoms with Crippen LogP contribution in [0.25, 0.3) is 0 Å². The number of nitro benzene ring substituents is 1. The molecule has 1 aromatic carbocycles. The summed E-state index contributed by atoms with van der Waals surface area (Å²) in [7, 11) is 0. The predicted molar refractivity (Wildman–Crippen MR) is 99.3 cm³/mol. The standard InChI is InChI=1S/C15H17BrN6O4/c16-8-6-9(12(23)24)11(10(7-8)22(25)26)21-14(18)19-13(17)20-15(21)4-2-1-3-5-15/h6-7H,1-5H2,(H,23,24)(H4,17,18,19,20). The number of nitrogens with two attached hydrogens (primary N) is 2. The van der Waals surface area contributed by atoms with Gasteiger partial charge in [0.15, 0.2) is 0 Å². The van der Waals surface area contributed by atoms with Crippen LogP contribution in [-0.2, 0) is 0 Å². The number of nitrogens with zero attached hydrogens (tertiary/aromatic N) is 4. The summed E-state index contributed by atoms with van der Waals surface area (Å²) in [6, 6.07) is 2.55. The average Bonchev–Trinajstić information content (AvgIpc) is 2.55. The zero-order chi connectivity index (χ0) is 19.1. The molecule has 0 saturated heterocycles. The number of guanidine groups is 2. The molecule has 1 aromatic rings. The van der Waals surface area contributed by atoms with Crippen molar-refractivity contribution >= 4 is 45.2 Å². The van der Waals surface area contributed by atoms with Crippen LogP contribution in [0.3, 0.4) is 0 Å². The average molecular weight is 425 g/mol. The van der Waals surface area contributed by atoms with Gasteiger partial charge in [-0.3, -0.25) is 15.0 Å². The van der Waals surface area contributed by atoms with Gasteiger partial charge in [-0.25, -0.2) is 9.79 Å². The number of anilines is 1. The van der Waals surface area contributed by atoms with E-state index in [1.54, 1.807) is 0 Å². The van der Waals surface area contributed by atoms with Crippen LogP contribution in [0.1, 0.15) is 42.5 Å². The van der Waals surface area contributed by atoms with Crippen molar-refractivity contribution in [1.29, 1.82) is 0 Å². The lowest BCUT2D eigenvalue weighted by molar-refractivity contribution is -0.384. The van der Waals surface area contributed by atoms with Crippen molar-refractivity contribution in [3.63, 3.8) is 0 Å². The van der Waals surface area contributed by atoms with Gasteiger partial charge in [-0.2, -0.15) is 4.99 Å². The Kier molecular flexibility index (Phi) is 4.57. The third-order valence-corrected chi connectivity index (χ3v) is 5.01. The van der Waals surface area contributed by atoms with Crippen molar-refractivity contribution in [1.82, 2.24) is 0 Å². The molecule has 1 fully saturated rings. The number of carboxylic acids is 1. The Balaban J connectivity index is 2.31. The Labute approximate surface area is 156 Å². The van der Waals surface area contributed by atoms with Crippen molar-refractivity contribution in [2.45, 2.75) is 37.8 Å². The normalized spacial score (nSPS) is 19.0. The zero-order valence-electron chi connectivity index (χ0n) is 13.7. The summed E-state index contributed by atoms with van der Waals surface area (Å²) in [5.74, 6) is -1.43. The number of aliphatic imine (C=N–C) groups is 2. The molecule has 26 heavy (non-hydrogen) atoms. The number of nitro groups is 1. The molecule has 1 aliphatic carbocycles. The van der Waals surface area contributed by atoms with Gasteiger partial charge in [0.05, 0.1) is 10.5 Å². The smallest absolute Gasteiger partial charge is 0.338 e. The summed E-state index contributed by atoms with van der Waals surface area (Å²) < 4.78 is 0.276. The minimum atomic E-state index is -1.31. The zero-order valence-corrected chi connectivity index (χ0v) is 15.3. The molecule has 1 saturated carbocycles. The fourth-order valence-electron chi connectivity index (χ4n) is 3.57. The van der Waals surface area contributed by atoms with Gasteiger partial charge in [0, 0.05) is 10.5 Å². The molecule has 1 spiro atoms. The first-order chi connectivity index (χ1) is 12.2. The Morgan fingerprint density at radius 2 is 1.96 bits per heavy atom. The van der Waals surface area contributed by atoms with E-state index in [0.29, 0.717) is 12.8 Å². The van der Waals surface area contributed by atoms with E-state index in [0.717, 1.165) is 19.3 Å². The monoisotopic (exact) mass is 424 g/mol. The van der Waals surface area contributed by atoms with Gasteiger partial charge in [-0.1, -0.05) is 22.4 Å². The van der Waals surface area contributed by atoms with Crippen LogP contribution in [0.15, 0.2) is 26.6 Å². The summed E-state index contributed by atoms with van der Waals surface area (Å²) in [5.41, 5.74) is 10.1. The molecule has 1 aliphatic heterocycles. The van der Waals surface area contributed by atoms with Crippen LogP contribution in [0.2, 0.25) is 0 Å². The molecule has 2 aliphatic rings. The van der Waals surface area contributed by atoms with Crippen LogP contribution in [0.5, 0.6) is 0 Å². The van der Waals surface area contributed by atoms with Gasteiger partial charge < -0.3 is 16.6 Å².